The first-order valence-electron chi connectivity index (χ1n) is 4.70. The van der Waals surface area contributed by atoms with E-state index in [2.05, 4.69) is 6.92 Å². The fraction of sp³-hybridized carbons (Fsp3) is 0.727. The Hall–Kier alpha value is -0.590. The number of rotatable bonds is 3. The van der Waals surface area contributed by atoms with Gasteiger partial charge in [0, 0.05) is 6.42 Å². The highest BCUT2D eigenvalue weighted by atomic mass is 16.1. The molecule has 0 spiro atoms. The van der Waals surface area contributed by atoms with Crippen molar-refractivity contribution >= 4 is 5.78 Å². The van der Waals surface area contributed by atoms with Crippen molar-refractivity contribution in [1.29, 1.82) is 0 Å². The molecule has 0 amide bonds. The highest BCUT2D eigenvalue weighted by Gasteiger charge is 2.32. The number of hydrogen-bond donors (Lipinski definition) is 0. The standard InChI is InChI=1S/C11H18O/c1-9(2)7-10(12)8-11(3)5-4-6-11/h7H,4-6,8H2,1-3H3. The van der Waals surface area contributed by atoms with Crippen LogP contribution < -0.4 is 0 Å². The molecule has 1 aliphatic carbocycles. The molecule has 68 valence electrons. The average Bonchev–Trinajstić information content (AvgIpc) is 1.81. The largest absolute Gasteiger partial charge is 0.295 e. The molecule has 1 aliphatic rings. The molecule has 1 rings (SSSR count). The second-order valence-corrected chi connectivity index (χ2v) is 4.53. The van der Waals surface area contributed by atoms with Crippen LogP contribution in [0.4, 0.5) is 0 Å². The van der Waals surface area contributed by atoms with Gasteiger partial charge in [-0.05, 0) is 38.2 Å². The molecule has 0 aromatic heterocycles. The summed E-state index contributed by atoms with van der Waals surface area (Å²) in [6.45, 7) is 6.16. The summed E-state index contributed by atoms with van der Waals surface area (Å²) in [5.41, 5.74) is 1.45. The molecule has 0 aliphatic heterocycles. The van der Waals surface area contributed by atoms with E-state index in [1.807, 2.05) is 13.8 Å². The van der Waals surface area contributed by atoms with Crippen LogP contribution in [0.5, 0.6) is 0 Å². The molecular formula is C11H18O. The van der Waals surface area contributed by atoms with Crippen LogP contribution in [0.2, 0.25) is 0 Å². The zero-order valence-corrected chi connectivity index (χ0v) is 8.31. The Morgan fingerprint density at radius 2 is 2.00 bits per heavy atom. The lowest BCUT2D eigenvalue weighted by Gasteiger charge is -2.37. The molecule has 0 bridgehead atoms. The van der Waals surface area contributed by atoms with Crippen molar-refractivity contribution in [3.05, 3.63) is 11.6 Å². The van der Waals surface area contributed by atoms with Crippen LogP contribution in [0.1, 0.15) is 46.5 Å². The van der Waals surface area contributed by atoms with Crippen LogP contribution in [0.25, 0.3) is 0 Å². The lowest BCUT2D eigenvalue weighted by Crippen LogP contribution is -2.27. The predicted molar refractivity (Wildman–Crippen MR) is 51.0 cm³/mol. The van der Waals surface area contributed by atoms with Gasteiger partial charge in [-0.25, -0.2) is 0 Å². The number of allylic oxidation sites excluding steroid dienone is 2. The van der Waals surface area contributed by atoms with Gasteiger partial charge in [-0.15, -0.1) is 0 Å². The summed E-state index contributed by atoms with van der Waals surface area (Å²) in [4.78, 5) is 11.4. The first kappa shape index (κ1) is 9.50. The first-order valence-corrected chi connectivity index (χ1v) is 4.70. The lowest BCUT2D eigenvalue weighted by molar-refractivity contribution is -0.117. The SMILES string of the molecule is CC(C)=CC(=O)CC1(C)CCC1. The Kier molecular flexibility index (Phi) is 2.71. The lowest BCUT2D eigenvalue weighted by atomic mass is 9.67. The van der Waals surface area contributed by atoms with Crippen molar-refractivity contribution in [1.82, 2.24) is 0 Å². The van der Waals surface area contributed by atoms with Crippen molar-refractivity contribution < 1.29 is 4.79 Å². The monoisotopic (exact) mass is 166 g/mol. The third-order valence-corrected chi connectivity index (χ3v) is 2.61. The maximum absolute atomic E-state index is 11.4. The van der Waals surface area contributed by atoms with Gasteiger partial charge in [0.05, 0.1) is 0 Å². The van der Waals surface area contributed by atoms with E-state index in [1.165, 1.54) is 19.3 Å². The van der Waals surface area contributed by atoms with Gasteiger partial charge in [0.15, 0.2) is 5.78 Å². The van der Waals surface area contributed by atoms with Gasteiger partial charge in [-0.1, -0.05) is 18.9 Å². The average molecular weight is 166 g/mol. The van der Waals surface area contributed by atoms with E-state index >= 15 is 0 Å². The number of ketones is 1. The zero-order chi connectivity index (χ0) is 9.19. The smallest absolute Gasteiger partial charge is 0.156 e. The summed E-state index contributed by atoms with van der Waals surface area (Å²) < 4.78 is 0. The van der Waals surface area contributed by atoms with Crippen LogP contribution in [-0.2, 0) is 4.79 Å². The number of carbonyl (C=O) groups is 1. The summed E-state index contributed by atoms with van der Waals surface area (Å²) in [5.74, 6) is 0.303. The minimum absolute atomic E-state index is 0.303. The summed E-state index contributed by atoms with van der Waals surface area (Å²) in [7, 11) is 0. The second-order valence-electron chi connectivity index (χ2n) is 4.53. The van der Waals surface area contributed by atoms with E-state index < -0.39 is 0 Å². The van der Waals surface area contributed by atoms with E-state index in [9.17, 15) is 4.79 Å². The van der Waals surface area contributed by atoms with Crippen LogP contribution in [-0.4, -0.2) is 5.78 Å². The minimum atomic E-state index is 0.303. The highest BCUT2D eigenvalue weighted by Crippen LogP contribution is 2.43. The van der Waals surface area contributed by atoms with E-state index in [0.717, 1.165) is 12.0 Å². The maximum atomic E-state index is 11.4. The number of hydrogen-bond acceptors (Lipinski definition) is 1. The maximum Gasteiger partial charge on any atom is 0.156 e. The molecule has 1 nitrogen and oxygen atoms in total. The van der Waals surface area contributed by atoms with Crippen molar-refractivity contribution in [3.8, 4) is 0 Å². The minimum Gasteiger partial charge on any atom is -0.295 e. The van der Waals surface area contributed by atoms with Gasteiger partial charge in [0.2, 0.25) is 0 Å². The molecule has 0 unspecified atom stereocenters. The van der Waals surface area contributed by atoms with E-state index in [0.29, 0.717) is 11.2 Å². The quantitative estimate of drug-likeness (QED) is 0.589. The molecule has 0 atom stereocenters. The van der Waals surface area contributed by atoms with Crippen molar-refractivity contribution in [2.24, 2.45) is 5.41 Å². The van der Waals surface area contributed by atoms with Crippen molar-refractivity contribution in [2.45, 2.75) is 46.5 Å². The van der Waals surface area contributed by atoms with Crippen LogP contribution in [0, 0.1) is 5.41 Å². The first-order chi connectivity index (χ1) is 5.52. The molecule has 1 saturated carbocycles. The molecule has 0 aromatic carbocycles. The summed E-state index contributed by atoms with van der Waals surface area (Å²) >= 11 is 0. The van der Waals surface area contributed by atoms with Crippen LogP contribution in [0.15, 0.2) is 11.6 Å². The predicted octanol–water partition coefficient (Wildman–Crippen LogP) is 3.10. The topological polar surface area (TPSA) is 17.1 Å². The molecule has 1 heteroatoms. The molecule has 0 saturated heterocycles. The summed E-state index contributed by atoms with van der Waals surface area (Å²) in [6, 6.07) is 0. The zero-order valence-electron chi connectivity index (χ0n) is 8.31. The molecule has 0 radical (unpaired) electrons. The second kappa shape index (κ2) is 3.42. The Labute approximate surface area is 74.9 Å². The van der Waals surface area contributed by atoms with E-state index in [-0.39, 0.29) is 0 Å². The summed E-state index contributed by atoms with van der Waals surface area (Å²) in [5, 5.41) is 0. The normalized spacial score (nSPS) is 19.6. The molecule has 1 fully saturated rings. The highest BCUT2D eigenvalue weighted by molar-refractivity contribution is 5.90. The fourth-order valence-electron chi connectivity index (χ4n) is 1.75. The third-order valence-electron chi connectivity index (χ3n) is 2.61. The van der Waals surface area contributed by atoms with Gasteiger partial charge in [0.25, 0.3) is 0 Å². The molecule has 0 aromatic rings. The van der Waals surface area contributed by atoms with E-state index in [4.69, 9.17) is 0 Å². The van der Waals surface area contributed by atoms with Gasteiger partial charge in [0.1, 0.15) is 0 Å². The van der Waals surface area contributed by atoms with Gasteiger partial charge < -0.3 is 0 Å². The van der Waals surface area contributed by atoms with Gasteiger partial charge >= 0.3 is 0 Å². The molecule has 0 heterocycles. The third kappa shape index (κ3) is 2.47. The van der Waals surface area contributed by atoms with Crippen LogP contribution in [0.3, 0.4) is 0 Å². The number of carbonyl (C=O) groups excluding carboxylic acids is 1. The Morgan fingerprint density at radius 3 is 2.33 bits per heavy atom. The van der Waals surface area contributed by atoms with Gasteiger partial charge in [-0.2, -0.15) is 0 Å². The molecule has 0 N–H and O–H groups in total. The summed E-state index contributed by atoms with van der Waals surface area (Å²) in [6.07, 6.45) is 6.28. The van der Waals surface area contributed by atoms with Crippen molar-refractivity contribution in [2.75, 3.05) is 0 Å². The Morgan fingerprint density at radius 1 is 1.42 bits per heavy atom. The molecule has 12 heavy (non-hydrogen) atoms. The van der Waals surface area contributed by atoms with Crippen molar-refractivity contribution in [3.63, 3.8) is 0 Å². The molecular weight excluding hydrogens is 148 g/mol. The fourth-order valence-corrected chi connectivity index (χ4v) is 1.75. The van der Waals surface area contributed by atoms with Gasteiger partial charge in [-0.3, -0.25) is 4.79 Å². The Balaban J connectivity index is 2.41. The van der Waals surface area contributed by atoms with E-state index in [1.54, 1.807) is 6.08 Å². The van der Waals surface area contributed by atoms with Crippen LogP contribution >= 0.6 is 0 Å². The Bertz CT molecular complexity index is 205.